The fourth-order valence-corrected chi connectivity index (χ4v) is 3.44. The van der Waals surface area contributed by atoms with Crippen LogP contribution in [-0.4, -0.2) is 36.3 Å². The molecule has 7 heteroatoms. The van der Waals surface area contributed by atoms with Crippen LogP contribution in [0.2, 0.25) is 0 Å². The van der Waals surface area contributed by atoms with Crippen molar-refractivity contribution in [3.8, 4) is 0 Å². The third kappa shape index (κ3) is 6.02. The number of amides is 2. The molecule has 1 fully saturated rings. The first kappa shape index (κ1) is 22.8. The molecule has 2 N–H and O–H groups in total. The van der Waals surface area contributed by atoms with Crippen molar-refractivity contribution in [2.24, 2.45) is 5.92 Å². The van der Waals surface area contributed by atoms with Crippen LogP contribution in [0.25, 0.3) is 0 Å². The number of piperidine rings is 1. The molecule has 0 bridgehead atoms. The van der Waals surface area contributed by atoms with Crippen LogP contribution in [0.15, 0.2) is 48.5 Å². The van der Waals surface area contributed by atoms with Crippen molar-refractivity contribution in [3.63, 3.8) is 0 Å². The zero-order valence-corrected chi connectivity index (χ0v) is 17.3. The normalized spacial score (nSPS) is 16.1. The molecular weight excluding hydrogens is 393 g/mol. The highest BCUT2D eigenvalue weighted by molar-refractivity contribution is 5.96. The Labute approximate surface area is 177 Å². The van der Waals surface area contributed by atoms with Crippen LogP contribution >= 0.6 is 12.4 Å². The average Bonchev–Trinajstić information content (AvgIpc) is 2.73. The van der Waals surface area contributed by atoms with Crippen LogP contribution in [-0.2, 0) is 11.3 Å². The van der Waals surface area contributed by atoms with Crippen LogP contribution < -0.4 is 10.6 Å². The predicted octanol–water partition coefficient (Wildman–Crippen LogP) is 3.85. The standard InChI is InChI=1S/C22H26FN3O2.ClH/c1-2-24-14-17-6-3-4-8-20(17)25-21(27)18-7-5-13-26(15-18)22(28)16-9-11-19(23)12-10-16;/h3-4,6,8-12,18,24H,2,5,7,13-15H2,1H3,(H,25,27);1H. The molecule has 1 heterocycles. The number of benzene rings is 2. The molecule has 1 atom stereocenters. The fraction of sp³-hybridized carbons (Fsp3) is 0.364. The first-order chi connectivity index (χ1) is 13.6. The summed E-state index contributed by atoms with van der Waals surface area (Å²) in [5.41, 5.74) is 2.28. The van der Waals surface area contributed by atoms with E-state index in [1.54, 1.807) is 4.90 Å². The van der Waals surface area contributed by atoms with Gasteiger partial charge in [0.1, 0.15) is 5.82 Å². The molecule has 0 radical (unpaired) electrons. The van der Waals surface area contributed by atoms with Gasteiger partial charge in [0, 0.05) is 30.9 Å². The van der Waals surface area contributed by atoms with E-state index < -0.39 is 0 Å². The second kappa shape index (κ2) is 10.9. The van der Waals surface area contributed by atoms with E-state index >= 15 is 0 Å². The van der Waals surface area contributed by atoms with Gasteiger partial charge < -0.3 is 15.5 Å². The summed E-state index contributed by atoms with van der Waals surface area (Å²) in [5.74, 6) is -0.861. The topological polar surface area (TPSA) is 61.4 Å². The summed E-state index contributed by atoms with van der Waals surface area (Å²) < 4.78 is 13.1. The van der Waals surface area contributed by atoms with Crippen molar-refractivity contribution < 1.29 is 14.0 Å². The molecule has 0 spiro atoms. The maximum atomic E-state index is 13.1. The van der Waals surface area contributed by atoms with E-state index in [-0.39, 0.29) is 36.0 Å². The summed E-state index contributed by atoms with van der Waals surface area (Å²) in [5, 5.41) is 6.30. The lowest BCUT2D eigenvalue weighted by Gasteiger charge is -2.32. The number of halogens is 2. The maximum Gasteiger partial charge on any atom is 0.253 e. The highest BCUT2D eigenvalue weighted by Crippen LogP contribution is 2.22. The molecule has 2 amide bonds. The lowest BCUT2D eigenvalue weighted by Crippen LogP contribution is -2.43. The monoisotopic (exact) mass is 419 g/mol. The van der Waals surface area contributed by atoms with E-state index in [1.165, 1.54) is 24.3 Å². The van der Waals surface area contributed by atoms with Gasteiger partial charge in [0.15, 0.2) is 0 Å². The SMILES string of the molecule is CCNCc1ccccc1NC(=O)C1CCCN(C(=O)c2ccc(F)cc2)C1.Cl. The number of nitrogens with one attached hydrogen (secondary N) is 2. The van der Waals surface area contributed by atoms with E-state index in [0.717, 1.165) is 30.6 Å². The Hall–Kier alpha value is -2.44. The van der Waals surface area contributed by atoms with Crippen molar-refractivity contribution in [1.29, 1.82) is 0 Å². The number of hydrogen-bond acceptors (Lipinski definition) is 3. The first-order valence-electron chi connectivity index (χ1n) is 9.72. The fourth-order valence-electron chi connectivity index (χ4n) is 3.44. The Morgan fingerprint density at radius 3 is 2.59 bits per heavy atom. The maximum absolute atomic E-state index is 13.1. The smallest absolute Gasteiger partial charge is 0.253 e. The largest absolute Gasteiger partial charge is 0.338 e. The lowest BCUT2D eigenvalue weighted by atomic mass is 9.96. The van der Waals surface area contributed by atoms with E-state index in [4.69, 9.17) is 0 Å². The summed E-state index contributed by atoms with van der Waals surface area (Å²) in [6.07, 6.45) is 1.51. The van der Waals surface area contributed by atoms with Crippen molar-refractivity contribution in [2.45, 2.75) is 26.3 Å². The van der Waals surface area contributed by atoms with E-state index in [9.17, 15) is 14.0 Å². The summed E-state index contributed by atoms with van der Waals surface area (Å²) >= 11 is 0. The van der Waals surface area contributed by atoms with Gasteiger partial charge in [0.25, 0.3) is 5.91 Å². The van der Waals surface area contributed by atoms with Gasteiger partial charge in [-0.2, -0.15) is 0 Å². The first-order valence-corrected chi connectivity index (χ1v) is 9.72. The van der Waals surface area contributed by atoms with Crippen LogP contribution in [0, 0.1) is 11.7 Å². The van der Waals surface area contributed by atoms with Crippen molar-refractivity contribution >= 4 is 29.9 Å². The number of likely N-dealkylation sites (tertiary alicyclic amines) is 1. The van der Waals surface area contributed by atoms with Crippen molar-refractivity contribution in [3.05, 3.63) is 65.5 Å². The Kier molecular flexibility index (Phi) is 8.61. The molecule has 1 aliphatic heterocycles. The number of carbonyl (C=O) groups excluding carboxylic acids is 2. The minimum Gasteiger partial charge on any atom is -0.338 e. The van der Waals surface area contributed by atoms with Gasteiger partial charge in [0.05, 0.1) is 5.92 Å². The van der Waals surface area contributed by atoms with E-state index in [1.807, 2.05) is 31.2 Å². The van der Waals surface area contributed by atoms with Gasteiger partial charge in [-0.25, -0.2) is 4.39 Å². The number of hydrogen-bond donors (Lipinski definition) is 2. The molecule has 0 aliphatic carbocycles. The third-order valence-corrected chi connectivity index (χ3v) is 5.01. The molecule has 156 valence electrons. The van der Waals surface area contributed by atoms with Crippen molar-refractivity contribution in [1.82, 2.24) is 10.2 Å². The summed E-state index contributed by atoms with van der Waals surface area (Å²) in [4.78, 5) is 27.2. The Morgan fingerprint density at radius 2 is 1.86 bits per heavy atom. The average molecular weight is 420 g/mol. The molecule has 29 heavy (non-hydrogen) atoms. The molecule has 1 unspecified atom stereocenters. The van der Waals surface area contributed by atoms with Gasteiger partial charge in [0.2, 0.25) is 5.91 Å². The molecule has 2 aromatic rings. The van der Waals surface area contributed by atoms with Gasteiger partial charge in [-0.15, -0.1) is 12.4 Å². The third-order valence-electron chi connectivity index (χ3n) is 5.01. The second-order valence-electron chi connectivity index (χ2n) is 7.02. The van der Waals surface area contributed by atoms with Crippen LogP contribution in [0.5, 0.6) is 0 Å². The molecule has 0 saturated carbocycles. The molecule has 1 aliphatic rings. The van der Waals surface area contributed by atoms with Crippen molar-refractivity contribution in [2.75, 3.05) is 25.0 Å². The van der Waals surface area contributed by atoms with Crippen LogP contribution in [0.1, 0.15) is 35.7 Å². The quantitative estimate of drug-likeness (QED) is 0.747. The second-order valence-corrected chi connectivity index (χ2v) is 7.02. The summed E-state index contributed by atoms with van der Waals surface area (Å²) in [6.45, 7) is 4.56. The highest BCUT2D eigenvalue weighted by atomic mass is 35.5. The lowest BCUT2D eigenvalue weighted by molar-refractivity contribution is -0.121. The number of para-hydroxylation sites is 1. The predicted molar refractivity (Wildman–Crippen MR) is 115 cm³/mol. The molecule has 5 nitrogen and oxygen atoms in total. The van der Waals surface area contributed by atoms with Gasteiger partial charge in [-0.3, -0.25) is 9.59 Å². The number of anilines is 1. The zero-order valence-electron chi connectivity index (χ0n) is 16.5. The summed E-state index contributed by atoms with van der Waals surface area (Å²) in [6, 6.07) is 13.3. The minimum atomic E-state index is -0.372. The Morgan fingerprint density at radius 1 is 1.14 bits per heavy atom. The molecule has 0 aromatic heterocycles. The number of carbonyl (C=O) groups is 2. The molecule has 1 saturated heterocycles. The van der Waals surface area contributed by atoms with Crippen LogP contribution in [0.4, 0.5) is 10.1 Å². The zero-order chi connectivity index (χ0) is 19.9. The van der Waals surface area contributed by atoms with Gasteiger partial charge in [-0.05, 0) is 55.3 Å². The minimum absolute atomic E-state index is 0. The van der Waals surface area contributed by atoms with Crippen LogP contribution in [0.3, 0.4) is 0 Å². The Balaban J connectivity index is 0.00000300. The molecule has 2 aromatic carbocycles. The van der Waals surface area contributed by atoms with Gasteiger partial charge in [-0.1, -0.05) is 25.1 Å². The number of nitrogens with zero attached hydrogens (tertiary/aromatic N) is 1. The van der Waals surface area contributed by atoms with E-state index in [0.29, 0.717) is 25.2 Å². The Bertz CT molecular complexity index is 829. The molecule has 3 rings (SSSR count). The molecular formula is C22H27ClFN3O2. The van der Waals surface area contributed by atoms with Gasteiger partial charge >= 0.3 is 0 Å². The van der Waals surface area contributed by atoms with E-state index in [2.05, 4.69) is 10.6 Å². The summed E-state index contributed by atoms with van der Waals surface area (Å²) in [7, 11) is 0. The highest BCUT2D eigenvalue weighted by Gasteiger charge is 2.29. The number of rotatable bonds is 6.